The standard InChI is InChI=1S/3C24H23N2.C23H22N3.C20H17N4/c1-16-11-17(2)18(3)22(12-16)24-13-23-20(15-26(24)4)7-5-9-21(23)19-8-6-10-25-14-19;1-16-12-17(2)18(3)21(13-16)24-14-22-19(15-26(24)4)8-7-9-20(22)23-10-5-6-11-25-23;1-16-12-17(2)18(3)22(13-16)24-14-23-20(15-26(24)4)6-5-7-21(23)19-8-10-25-11-9-19;1-15-10-16(2)17(3)20(11-15)23-12-21-18(13-26(23)4)6-5-7-19(21)22-8-9-24-14-25-22;1-14-6-3-4-8-16(14)19-10-18-15(11-24(19)2)7-5-9-17(18)20-22-12-21-13-23-20/h3*5-15H,1-4H3;5-14H,1-4H3;3-13H,1-2H3/q5*+1. The highest BCUT2D eigenvalue weighted by Gasteiger charge is 2.25. The van der Waals surface area contributed by atoms with Gasteiger partial charge in [0.05, 0.1) is 11.4 Å². The van der Waals surface area contributed by atoms with Crippen LogP contribution >= 0.6 is 0 Å². The van der Waals surface area contributed by atoms with Gasteiger partial charge >= 0.3 is 0 Å². The van der Waals surface area contributed by atoms with E-state index >= 15 is 0 Å². The van der Waals surface area contributed by atoms with Crippen molar-refractivity contribution in [3.63, 3.8) is 0 Å². The number of rotatable bonds is 10. The molecule has 0 N–H and O–H groups in total. The zero-order valence-corrected chi connectivity index (χ0v) is 76.5. The van der Waals surface area contributed by atoms with E-state index < -0.39 is 0 Å². The first kappa shape index (κ1) is 86.3. The second kappa shape index (κ2) is 37.7. The molecule has 128 heavy (non-hydrogen) atoms. The highest BCUT2D eigenvalue weighted by molar-refractivity contribution is 6.01. The molecule has 13 heteroatoms. The van der Waals surface area contributed by atoms with Gasteiger partial charge in [-0.15, -0.1) is 0 Å². The van der Waals surface area contributed by atoms with Crippen LogP contribution in [-0.2, 0) is 35.2 Å². The van der Waals surface area contributed by atoms with Crippen LogP contribution < -0.4 is 22.8 Å². The number of nitrogens with zero attached hydrogens (tertiary/aromatic N) is 13. The Kier molecular flexibility index (Phi) is 25.4. The highest BCUT2D eigenvalue weighted by Crippen LogP contribution is 2.39. The fourth-order valence-corrected chi connectivity index (χ4v) is 17.8. The quantitative estimate of drug-likeness (QED) is 0.124. The maximum absolute atomic E-state index is 4.56. The molecule has 0 saturated carbocycles. The van der Waals surface area contributed by atoms with Crippen molar-refractivity contribution in [1.82, 2.24) is 39.9 Å². The van der Waals surface area contributed by atoms with E-state index in [9.17, 15) is 0 Å². The summed E-state index contributed by atoms with van der Waals surface area (Å²) < 4.78 is 11.1. The molecule has 10 heterocycles. The van der Waals surface area contributed by atoms with Crippen LogP contribution in [0.2, 0.25) is 0 Å². The number of hydrogen-bond donors (Lipinski definition) is 0. The van der Waals surface area contributed by atoms with Crippen LogP contribution in [0.15, 0.2) is 330 Å². The van der Waals surface area contributed by atoms with Crippen LogP contribution in [0.5, 0.6) is 0 Å². The first-order valence-electron chi connectivity index (χ1n) is 43.5. The molecule has 0 unspecified atom stereocenters. The number of aryl methyl sites for hydroxylation is 14. The topological polar surface area (TPSA) is 123 Å². The van der Waals surface area contributed by atoms with Gasteiger partial charge in [-0.2, -0.15) is 0 Å². The van der Waals surface area contributed by atoms with E-state index in [2.05, 4.69) is 431 Å². The summed E-state index contributed by atoms with van der Waals surface area (Å²) in [6.45, 7) is 28.4. The van der Waals surface area contributed by atoms with Crippen molar-refractivity contribution in [2.24, 2.45) is 35.2 Å². The summed E-state index contributed by atoms with van der Waals surface area (Å²) in [6, 6.07) is 86.3. The molecule has 13 nitrogen and oxygen atoms in total. The Balaban J connectivity index is 0.000000118. The lowest BCUT2D eigenvalue weighted by molar-refractivity contribution is -0.659. The molecule has 0 aliphatic carbocycles. The minimum atomic E-state index is 0.695. The summed E-state index contributed by atoms with van der Waals surface area (Å²) in [5, 5.41) is 12.2. The predicted molar refractivity (Wildman–Crippen MR) is 524 cm³/mol. The first-order chi connectivity index (χ1) is 61.9. The molecule has 0 radical (unpaired) electrons. The molecule has 10 aromatic carbocycles. The van der Waals surface area contributed by atoms with Gasteiger partial charge in [0.2, 0.25) is 28.5 Å². The normalized spacial score (nSPS) is 11.0. The monoisotopic (exact) mass is 1670 g/mol. The molecule has 10 aromatic heterocycles. The smallest absolute Gasteiger partial charge is 0.213 e. The fourth-order valence-electron chi connectivity index (χ4n) is 17.8. The molecule has 0 amide bonds. The Labute approximate surface area is 751 Å². The largest absolute Gasteiger partial charge is 0.265 e. The summed E-state index contributed by atoms with van der Waals surface area (Å²) in [4.78, 5) is 34.1. The van der Waals surface area contributed by atoms with Crippen molar-refractivity contribution in [3.8, 4) is 112 Å². The van der Waals surface area contributed by atoms with Crippen LogP contribution in [0.25, 0.3) is 166 Å². The Morgan fingerprint density at radius 3 is 0.938 bits per heavy atom. The SMILES string of the molecule is Cc1cc(C)c(C)c(-c2cc3c(-c4ccccn4)cccc3c[n+]2C)c1.Cc1cc(C)c(C)c(-c2cc3c(-c4cccnc4)cccc3c[n+]2C)c1.Cc1cc(C)c(C)c(-c2cc3c(-c4ccncc4)cccc3c[n+]2C)c1.Cc1cc(C)c(C)c(-c2cc3c(-c4ccncn4)cccc3c[n+]2C)c1.Cc1ccccc1-c1cc2c(-c3ncncn3)cccc2c[n+]1C. The van der Waals surface area contributed by atoms with E-state index in [1.165, 1.54) is 207 Å². The molecule has 0 atom stereocenters. The van der Waals surface area contributed by atoms with Gasteiger partial charge in [0.1, 0.15) is 54.2 Å². The molecule has 0 fully saturated rings. The van der Waals surface area contributed by atoms with Crippen LogP contribution in [0, 0.1) is 90.0 Å². The third-order valence-electron chi connectivity index (χ3n) is 24.9. The predicted octanol–water partition coefficient (Wildman–Crippen LogP) is 24.2. The van der Waals surface area contributed by atoms with Crippen molar-refractivity contribution in [3.05, 3.63) is 402 Å². The van der Waals surface area contributed by atoms with Crippen molar-refractivity contribution >= 4 is 53.9 Å². The van der Waals surface area contributed by atoms with Crippen LogP contribution in [-0.4, -0.2) is 39.9 Å². The average molecular weight is 1670 g/mol. The van der Waals surface area contributed by atoms with E-state index in [-0.39, 0.29) is 0 Å². The minimum absolute atomic E-state index is 0.695. The van der Waals surface area contributed by atoms with E-state index in [4.69, 9.17) is 0 Å². The van der Waals surface area contributed by atoms with Gasteiger partial charge < -0.3 is 0 Å². The summed E-state index contributed by atoms with van der Waals surface area (Å²) >= 11 is 0. The number of benzene rings is 10. The van der Waals surface area contributed by atoms with Crippen molar-refractivity contribution < 1.29 is 22.8 Å². The van der Waals surface area contributed by atoms with Crippen molar-refractivity contribution in [1.29, 1.82) is 0 Å². The van der Waals surface area contributed by atoms with E-state index in [0.717, 1.165) is 38.9 Å². The number of hydrogen-bond acceptors (Lipinski definition) is 8. The fraction of sp³-hybridized carbons (Fsp3) is 0.157. The van der Waals surface area contributed by atoms with Crippen LogP contribution in [0.1, 0.15) is 72.3 Å². The summed E-state index contributed by atoms with van der Waals surface area (Å²) in [5.41, 5.74) is 39.7. The third kappa shape index (κ3) is 18.3. The van der Waals surface area contributed by atoms with Gasteiger partial charge in [-0.25, -0.2) is 47.8 Å². The Hall–Kier alpha value is -15.2. The van der Waals surface area contributed by atoms with Crippen LogP contribution in [0.3, 0.4) is 0 Å². The lowest BCUT2D eigenvalue weighted by Gasteiger charge is -2.12. The van der Waals surface area contributed by atoms with E-state index in [0.29, 0.717) is 5.82 Å². The molecular formula is C115H108N13+5. The Morgan fingerprint density at radius 1 is 0.211 bits per heavy atom. The Bertz CT molecular complexity index is 6840. The lowest BCUT2D eigenvalue weighted by atomic mass is 9.94. The number of fused-ring (bicyclic) bond motifs is 5. The number of aromatic nitrogens is 13. The molecular weight excluding hydrogens is 1560 g/mol. The molecule has 0 bridgehead atoms. The van der Waals surface area contributed by atoms with Gasteiger partial charge in [0.25, 0.3) is 0 Å². The summed E-state index contributed by atoms with van der Waals surface area (Å²) in [7, 11) is 10.6. The third-order valence-corrected chi connectivity index (χ3v) is 24.9. The highest BCUT2D eigenvalue weighted by atomic mass is 15.0. The zero-order chi connectivity index (χ0) is 89.6. The second-order valence-electron chi connectivity index (χ2n) is 34.0. The van der Waals surface area contributed by atoms with E-state index in [1.54, 1.807) is 12.5 Å². The molecule has 628 valence electrons. The average Bonchev–Trinajstić information content (AvgIpc) is 0.796. The molecule has 0 aliphatic heterocycles. The number of pyridine rings is 8. The summed E-state index contributed by atoms with van der Waals surface area (Å²) in [5.74, 6) is 0.695. The zero-order valence-electron chi connectivity index (χ0n) is 76.5. The maximum Gasteiger partial charge on any atom is 0.213 e. The molecule has 0 saturated heterocycles. The Morgan fingerprint density at radius 2 is 0.555 bits per heavy atom. The summed E-state index contributed by atoms with van der Waals surface area (Å²) in [6.07, 6.45) is 26.8. The molecule has 0 aliphatic rings. The van der Waals surface area contributed by atoms with Crippen molar-refractivity contribution in [2.45, 2.75) is 90.0 Å². The van der Waals surface area contributed by atoms with Gasteiger partial charge in [-0.1, -0.05) is 138 Å². The van der Waals surface area contributed by atoms with Gasteiger partial charge in [0.15, 0.2) is 36.8 Å². The van der Waals surface area contributed by atoms with Crippen molar-refractivity contribution in [2.75, 3.05) is 0 Å². The van der Waals surface area contributed by atoms with Gasteiger partial charge in [0, 0.05) is 171 Å². The first-order valence-corrected chi connectivity index (χ1v) is 43.5. The maximum atomic E-state index is 4.56. The van der Waals surface area contributed by atoms with E-state index in [1.807, 2.05) is 61.3 Å². The van der Waals surface area contributed by atoms with Gasteiger partial charge in [-0.3, -0.25) is 15.0 Å². The lowest BCUT2D eigenvalue weighted by Crippen LogP contribution is -2.30. The minimum Gasteiger partial charge on any atom is -0.265 e. The molecule has 20 aromatic rings. The van der Waals surface area contributed by atoms with Gasteiger partial charge in [-0.05, 0) is 254 Å². The van der Waals surface area contributed by atoms with Crippen LogP contribution in [0.4, 0.5) is 0 Å². The molecule has 20 rings (SSSR count). The second-order valence-corrected chi connectivity index (χ2v) is 34.0. The molecule has 0 spiro atoms.